The summed E-state index contributed by atoms with van der Waals surface area (Å²) in [6.45, 7) is 5.14. The molecule has 1 saturated carbocycles. The highest BCUT2D eigenvalue weighted by atomic mass is 16.7. The summed E-state index contributed by atoms with van der Waals surface area (Å²) in [6, 6.07) is 0. The minimum absolute atomic E-state index is 0.0402. The number of carbonyl (C=O) groups excluding carboxylic acids is 2. The van der Waals surface area contributed by atoms with Crippen molar-refractivity contribution in [2.24, 2.45) is 5.92 Å². The molecule has 0 spiro atoms. The zero-order chi connectivity index (χ0) is 11.3. The van der Waals surface area contributed by atoms with E-state index in [2.05, 4.69) is 0 Å². The second-order valence-corrected chi connectivity index (χ2v) is 3.79. The van der Waals surface area contributed by atoms with Gasteiger partial charge < -0.3 is 4.84 Å². The molecule has 15 heavy (non-hydrogen) atoms. The van der Waals surface area contributed by atoms with Crippen LogP contribution < -0.4 is 0 Å². The van der Waals surface area contributed by atoms with E-state index in [0.29, 0.717) is 25.9 Å². The maximum absolute atomic E-state index is 11.7. The Morgan fingerprint density at radius 3 is 2.60 bits per heavy atom. The summed E-state index contributed by atoms with van der Waals surface area (Å²) in [5.74, 6) is -0.846. The molecule has 1 aliphatic carbocycles. The average molecular weight is 213 g/mol. The summed E-state index contributed by atoms with van der Waals surface area (Å²) in [7, 11) is 0. The Bertz CT molecular complexity index is 236. The van der Waals surface area contributed by atoms with Crippen LogP contribution in [0.4, 0.5) is 0 Å². The van der Waals surface area contributed by atoms with Gasteiger partial charge >= 0.3 is 5.97 Å². The first-order valence-corrected chi connectivity index (χ1v) is 5.68. The molecule has 0 radical (unpaired) electrons. The third kappa shape index (κ3) is 3.30. The van der Waals surface area contributed by atoms with Gasteiger partial charge in [0.25, 0.3) is 0 Å². The molecule has 1 fully saturated rings. The first kappa shape index (κ1) is 12.2. The monoisotopic (exact) mass is 213 g/mol. The van der Waals surface area contributed by atoms with Crippen molar-refractivity contribution >= 4 is 11.8 Å². The largest absolute Gasteiger partial charge is 0.367 e. The van der Waals surface area contributed by atoms with E-state index < -0.39 is 5.92 Å². The molecule has 1 unspecified atom stereocenters. The maximum atomic E-state index is 11.7. The van der Waals surface area contributed by atoms with Crippen molar-refractivity contribution in [1.82, 2.24) is 5.06 Å². The molecule has 0 amide bonds. The second-order valence-electron chi connectivity index (χ2n) is 3.79. The van der Waals surface area contributed by atoms with Crippen molar-refractivity contribution < 1.29 is 14.4 Å². The van der Waals surface area contributed by atoms with E-state index in [0.717, 1.165) is 12.8 Å². The Balaban J connectivity index is 2.47. The quantitative estimate of drug-likeness (QED) is 0.525. The number of Topliss-reactive ketones (excluding diaryl/α,β-unsaturated/α-hetero) is 1. The van der Waals surface area contributed by atoms with Gasteiger partial charge in [-0.1, -0.05) is 6.42 Å². The fourth-order valence-corrected chi connectivity index (χ4v) is 1.78. The molecule has 0 heterocycles. The van der Waals surface area contributed by atoms with Crippen LogP contribution in [-0.4, -0.2) is 29.9 Å². The average Bonchev–Trinajstić information content (AvgIpc) is 2.26. The van der Waals surface area contributed by atoms with Gasteiger partial charge in [-0.3, -0.25) is 4.79 Å². The Morgan fingerprint density at radius 1 is 1.40 bits per heavy atom. The van der Waals surface area contributed by atoms with Crippen LogP contribution in [0.15, 0.2) is 0 Å². The number of nitrogens with zero attached hydrogens (tertiary/aromatic N) is 1. The fourth-order valence-electron chi connectivity index (χ4n) is 1.78. The number of ketones is 1. The molecular weight excluding hydrogens is 194 g/mol. The summed E-state index contributed by atoms with van der Waals surface area (Å²) in [6.07, 6.45) is 3.04. The molecule has 0 bridgehead atoms. The third-order valence-electron chi connectivity index (χ3n) is 2.76. The van der Waals surface area contributed by atoms with Gasteiger partial charge in [-0.05, 0) is 26.7 Å². The molecule has 1 rings (SSSR count). The SMILES string of the molecule is CCN(CC)OC(=O)C1CCCCC1=O. The molecular formula is C11H19NO3. The van der Waals surface area contributed by atoms with Gasteiger partial charge in [-0.2, -0.15) is 0 Å². The molecule has 0 N–H and O–H groups in total. The van der Waals surface area contributed by atoms with Crippen LogP contribution >= 0.6 is 0 Å². The lowest BCUT2D eigenvalue weighted by atomic mass is 9.88. The van der Waals surface area contributed by atoms with E-state index in [9.17, 15) is 9.59 Å². The number of carbonyl (C=O) groups is 2. The minimum atomic E-state index is -0.514. The fraction of sp³-hybridized carbons (Fsp3) is 0.818. The maximum Gasteiger partial charge on any atom is 0.335 e. The van der Waals surface area contributed by atoms with Crippen LogP contribution in [0.3, 0.4) is 0 Å². The number of hydroxylamine groups is 2. The molecule has 1 atom stereocenters. The lowest BCUT2D eigenvalue weighted by molar-refractivity contribution is -0.194. The molecule has 0 saturated heterocycles. The first-order chi connectivity index (χ1) is 7.19. The molecule has 1 aliphatic rings. The first-order valence-electron chi connectivity index (χ1n) is 5.68. The van der Waals surface area contributed by atoms with Gasteiger partial charge in [0.05, 0.1) is 0 Å². The predicted octanol–water partition coefficient (Wildman–Crippen LogP) is 1.55. The number of hydrogen-bond acceptors (Lipinski definition) is 4. The van der Waals surface area contributed by atoms with Crippen LogP contribution in [0.2, 0.25) is 0 Å². The van der Waals surface area contributed by atoms with Crippen LogP contribution in [0, 0.1) is 5.92 Å². The molecule has 0 aromatic rings. The summed E-state index contributed by atoms with van der Waals surface area (Å²) < 4.78 is 0. The summed E-state index contributed by atoms with van der Waals surface area (Å²) in [5.41, 5.74) is 0. The number of rotatable bonds is 4. The molecule has 4 nitrogen and oxygen atoms in total. The zero-order valence-corrected chi connectivity index (χ0v) is 9.49. The van der Waals surface area contributed by atoms with E-state index >= 15 is 0 Å². The van der Waals surface area contributed by atoms with Gasteiger partial charge in [-0.15, -0.1) is 5.06 Å². The Labute approximate surface area is 90.5 Å². The van der Waals surface area contributed by atoms with Crippen molar-refractivity contribution in [1.29, 1.82) is 0 Å². The van der Waals surface area contributed by atoms with Crippen LogP contribution in [0.1, 0.15) is 39.5 Å². The van der Waals surface area contributed by atoms with E-state index in [1.54, 1.807) is 5.06 Å². The highest BCUT2D eigenvalue weighted by Gasteiger charge is 2.31. The normalized spacial score (nSPS) is 21.8. The Morgan fingerprint density at radius 2 is 2.07 bits per heavy atom. The van der Waals surface area contributed by atoms with Crippen LogP contribution in [0.25, 0.3) is 0 Å². The van der Waals surface area contributed by atoms with Crippen molar-refractivity contribution in [2.45, 2.75) is 39.5 Å². The molecule has 0 aromatic heterocycles. The van der Waals surface area contributed by atoms with E-state index in [1.165, 1.54) is 0 Å². The highest BCUT2D eigenvalue weighted by molar-refractivity contribution is 5.99. The summed E-state index contributed by atoms with van der Waals surface area (Å²) >= 11 is 0. The predicted molar refractivity (Wildman–Crippen MR) is 56.0 cm³/mol. The van der Waals surface area contributed by atoms with Crippen molar-refractivity contribution in [3.8, 4) is 0 Å². The molecule has 0 aromatic carbocycles. The van der Waals surface area contributed by atoms with Gasteiger partial charge in [0.15, 0.2) is 0 Å². The van der Waals surface area contributed by atoms with E-state index in [1.807, 2.05) is 13.8 Å². The smallest absolute Gasteiger partial charge is 0.335 e. The molecule has 0 aliphatic heterocycles. The van der Waals surface area contributed by atoms with Gasteiger partial charge in [-0.25, -0.2) is 4.79 Å². The van der Waals surface area contributed by atoms with Crippen molar-refractivity contribution in [3.63, 3.8) is 0 Å². The van der Waals surface area contributed by atoms with Crippen LogP contribution in [-0.2, 0) is 14.4 Å². The van der Waals surface area contributed by atoms with Gasteiger partial charge in [0.1, 0.15) is 11.7 Å². The molecule has 4 heteroatoms. The number of hydrogen-bond donors (Lipinski definition) is 0. The third-order valence-corrected chi connectivity index (χ3v) is 2.76. The summed E-state index contributed by atoms with van der Waals surface area (Å²) in [5, 5.41) is 1.57. The Hall–Kier alpha value is -0.900. The van der Waals surface area contributed by atoms with E-state index in [-0.39, 0.29) is 11.8 Å². The zero-order valence-electron chi connectivity index (χ0n) is 9.49. The lowest BCUT2D eigenvalue weighted by Crippen LogP contribution is -2.35. The van der Waals surface area contributed by atoms with Crippen molar-refractivity contribution in [3.05, 3.63) is 0 Å². The lowest BCUT2D eigenvalue weighted by Gasteiger charge is -2.23. The second kappa shape index (κ2) is 5.85. The topological polar surface area (TPSA) is 46.6 Å². The highest BCUT2D eigenvalue weighted by Crippen LogP contribution is 2.21. The minimum Gasteiger partial charge on any atom is -0.367 e. The van der Waals surface area contributed by atoms with Crippen LogP contribution in [0.5, 0.6) is 0 Å². The van der Waals surface area contributed by atoms with E-state index in [4.69, 9.17) is 4.84 Å². The standard InChI is InChI=1S/C11H19NO3/c1-3-12(4-2)15-11(14)9-7-5-6-8-10(9)13/h9H,3-8H2,1-2H3. The Kier molecular flexibility index (Phi) is 4.75. The van der Waals surface area contributed by atoms with Gasteiger partial charge in [0, 0.05) is 19.5 Å². The van der Waals surface area contributed by atoms with Gasteiger partial charge in [0.2, 0.25) is 0 Å². The molecule has 86 valence electrons. The summed E-state index contributed by atoms with van der Waals surface area (Å²) in [4.78, 5) is 28.3. The van der Waals surface area contributed by atoms with Crippen molar-refractivity contribution in [2.75, 3.05) is 13.1 Å².